The van der Waals surface area contributed by atoms with Gasteiger partial charge in [0.15, 0.2) is 5.03 Å². The molecule has 0 saturated heterocycles. The topological polar surface area (TPSA) is 59.1 Å². The summed E-state index contributed by atoms with van der Waals surface area (Å²) in [5, 5.41) is 1.40. The number of nitrogens with zero attached hydrogens (tertiary/aromatic N) is 1. The first-order valence-electron chi connectivity index (χ1n) is 7.55. The Labute approximate surface area is 160 Å². The van der Waals surface area contributed by atoms with E-state index in [0.29, 0.717) is 10.5 Å². The molecule has 0 saturated carbocycles. The second-order valence-corrected chi connectivity index (χ2v) is 8.76. The molecular formula is C18H16BrClN2O2S. The zero-order valence-corrected chi connectivity index (χ0v) is 17.1. The van der Waals surface area contributed by atoms with E-state index in [0.717, 1.165) is 32.1 Å². The number of fused-ring (bicyclic) bond motifs is 1. The Morgan fingerprint density at radius 3 is 2.44 bits per heavy atom. The van der Waals surface area contributed by atoms with Crippen LogP contribution in [0.4, 0.5) is 0 Å². The Bertz CT molecular complexity index is 1100. The van der Waals surface area contributed by atoms with Crippen LogP contribution in [0.15, 0.2) is 45.9 Å². The molecule has 0 amide bonds. The highest BCUT2D eigenvalue weighted by atomic mass is 79.9. The minimum atomic E-state index is -3.68. The first kappa shape index (κ1) is 18.3. The minimum Gasteiger partial charge on any atom is -0.235 e. The van der Waals surface area contributed by atoms with Crippen LogP contribution >= 0.6 is 27.5 Å². The molecule has 3 rings (SSSR count). The lowest BCUT2D eigenvalue weighted by molar-refractivity contribution is 0.585. The zero-order chi connectivity index (χ0) is 18.4. The van der Waals surface area contributed by atoms with E-state index in [1.165, 1.54) is 7.05 Å². The van der Waals surface area contributed by atoms with Crippen LogP contribution in [-0.2, 0) is 10.0 Å². The number of aryl methyl sites for hydroxylation is 2. The van der Waals surface area contributed by atoms with Crippen LogP contribution < -0.4 is 4.72 Å². The lowest BCUT2D eigenvalue weighted by atomic mass is 9.96. The van der Waals surface area contributed by atoms with Crippen molar-refractivity contribution in [3.05, 3.63) is 57.0 Å². The summed E-state index contributed by atoms with van der Waals surface area (Å²) in [5.41, 5.74) is 4.10. The van der Waals surface area contributed by atoms with Crippen LogP contribution in [0, 0.1) is 13.8 Å². The standard InChI is InChI=1S/C18H16BrClN2O2S/c1-10-8-15-17(11(2)18(10)19)13(12-6-4-5-7-14(12)20)9-16(22-15)25(23,24)21-3/h4-9,21H,1-3H3. The zero-order valence-electron chi connectivity index (χ0n) is 13.9. The molecule has 0 radical (unpaired) electrons. The summed E-state index contributed by atoms with van der Waals surface area (Å²) >= 11 is 9.99. The Morgan fingerprint density at radius 2 is 1.80 bits per heavy atom. The van der Waals surface area contributed by atoms with E-state index < -0.39 is 10.0 Å². The van der Waals surface area contributed by atoms with Gasteiger partial charge in [-0.3, -0.25) is 0 Å². The van der Waals surface area contributed by atoms with Crippen molar-refractivity contribution in [1.29, 1.82) is 0 Å². The molecule has 0 spiro atoms. The fourth-order valence-corrected chi connectivity index (χ4v) is 4.10. The van der Waals surface area contributed by atoms with Gasteiger partial charge in [0.25, 0.3) is 10.0 Å². The third kappa shape index (κ3) is 3.19. The molecule has 0 aliphatic rings. The number of rotatable bonds is 3. The summed E-state index contributed by atoms with van der Waals surface area (Å²) in [5.74, 6) is 0. The van der Waals surface area contributed by atoms with Gasteiger partial charge in [0, 0.05) is 20.4 Å². The van der Waals surface area contributed by atoms with E-state index in [1.54, 1.807) is 12.1 Å². The van der Waals surface area contributed by atoms with Crippen molar-refractivity contribution in [2.24, 2.45) is 0 Å². The normalized spacial score (nSPS) is 11.9. The monoisotopic (exact) mass is 438 g/mol. The summed E-state index contributed by atoms with van der Waals surface area (Å²) in [7, 11) is -2.32. The number of sulfonamides is 1. The van der Waals surface area contributed by atoms with Gasteiger partial charge < -0.3 is 0 Å². The van der Waals surface area contributed by atoms with Gasteiger partial charge in [-0.15, -0.1) is 0 Å². The molecule has 0 bridgehead atoms. The molecule has 4 nitrogen and oxygen atoms in total. The summed E-state index contributed by atoms with van der Waals surface area (Å²) in [6.45, 7) is 3.93. The van der Waals surface area contributed by atoms with Crippen LogP contribution in [0.2, 0.25) is 5.02 Å². The molecule has 0 atom stereocenters. The van der Waals surface area contributed by atoms with Gasteiger partial charge in [0.05, 0.1) is 5.52 Å². The van der Waals surface area contributed by atoms with Crippen LogP contribution in [-0.4, -0.2) is 20.4 Å². The van der Waals surface area contributed by atoms with Gasteiger partial charge in [0.1, 0.15) is 0 Å². The highest BCUT2D eigenvalue weighted by Crippen LogP contribution is 2.38. The smallest absolute Gasteiger partial charge is 0.235 e. The fourth-order valence-electron chi connectivity index (χ4n) is 2.85. The van der Waals surface area contributed by atoms with E-state index in [4.69, 9.17) is 11.6 Å². The summed E-state index contributed by atoms with van der Waals surface area (Å²) in [4.78, 5) is 4.38. The summed E-state index contributed by atoms with van der Waals surface area (Å²) in [6, 6.07) is 10.8. The van der Waals surface area contributed by atoms with Crippen molar-refractivity contribution >= 4 is 48.5 Å². The van der Waals surface area contributed by atoms with Gasteiger partial charge in [-0.05, 0) is 55.8 Å². The number of aromatic nitrogens is 1. The molecule has 2 aromatic carbocycles. The predicted molar refractivity (Wildman–Crippen MR) is 106 cm³/mol. The second-order valence-electron chi connectivity index (χ2n) is 5.72. The van der Waals surface area contributed by atoms with Gasteiger partial charge in [0.2, 0.25) is 0 Å². The number of benzene rings is 2. The van der Waals surface area contributed by atoms with Gasteiger partial charge in [-0.1, -0.05) is 45.7 Å². The first-order chi connectivity index (χ1) is 11.8. The van der Waals surface area contributed by atoms with E-state index in [9.17, 15) is 8.42 Å². The molecule has 1 N–H and O–H groups in total. The Hall–Kier alpha value is -1.47. The average molecular weight is 440 g/mol. The number of nitrogens with one attached hydrogen (secondary N) is 1. The minimum absolute atomic E-state index is 0.0291. The maximum Gasteiger partial charge on any atom is 0.257 e. The molecule has 1 heterocycles. The first-order valence-corrected chi connectivity index (χ1v) is 10.2. The number of halogens is 2. The van der Waals surface area contributed by atoms with E-state index in [2.05, 4.69) is 25.6 Å². The largest absolute Gasteiger partial charge is 0.257 e. The Kier molecular flexibility index (Phi) is 4.90. The maximum absolute atomic E-state index is 12.3. The van der Waals surface area contributed by atoms with Crippen molar-refractivity contribution in [2.45, 2.75) is 18.9 Å². The van der Waals surface area contributed by atoms with Crippen molar-refractivity contribution in [3.8, 4) is 11.1 Å². The lowest BCUT2D eigenvalue weighted by Gasteiger charge is -2.15. The van der Waals surface area contributed by atoms with Gasteiger partial charge in [-0.25, -0.2) is 18.1 Å². The molecule has 3 aromatic rings. The lowest BCUT2D eigenvalue weighted by Crippen LogP contribution is -2.20. The molecule has 0 aliphatic carbocycles. The molecule has 25 heavy (non-hydrogen) atoms. The maximum atomic E-state index is 12.3. The highest BCUT2D eigenvalue weighted by molar-refractivity contribution is 9.10. The van der Waals surface area contributed by atoms with Crippen LogP contribution in [0.1, 0.15) is 11.1 Å². The second kappa shape index (κ2) is 6.68. The average Bonchev–Trinajstić information content (AvgIpc) is 2.59. The van der Waals surface area contributed by atoms with Gasteiger partial charge in [-0.2, -0.15) is 0 Å². The number of hydrogen-bond donors (Lipinski definition) is 1. The van der Waals surface area contributed by atoms with Crippen molar-refractivity contribution in [2.75, 3.05) is 7.05 Å². The molecule has 1 aromatic heterocycles. The Balaban J connectivity index is 2.52. The number of hydrogen-bond acceptors (Lipinski definition) is 3. The SMILES string of the molecule is CNS(=O)(=O)c1cc(-c2ccccc2Cl)c2c(C)c(Br)c(C)cc2n1. The fraction of sp³-hybridized carbons (Fsp3) is 0.167. The third-order valence-corrected chi connectivity index (χ3v) is 6.98. The Morgan fingerprint density at radius 1 is 1.12 bits per heavy atom. The summed E-state index contributed by atoms with van der Waals surface area (Å²) < 4.78 is 28.0. The summed E-state index contributed by atoms with van der Waals surface area (Å²) in [6.07, 6.45) is 0. The van der Waals surface area contributed by atoms with Gasteiger partial charge >= 0.3 is 0 Å². The van der Waals surface area contributed by atoms with Crippen molar-refractivity contribution in [1.82, 2.24) is 9.71 Å². The van der Waals surface area contributed by atoms with E-state index in [1.807, 2.05) is 38.1 Å². The van der Waals surface area contributed by atoms with Crippen LogP contribution in [0.25, 0.3) is 22.0 Å². The highest BCUT2D eigenvalue weighted by Gasteiger charge is 2.20. The van der Waals surface area contributed by atoms with Crippen molar-refractivity contribution < 1.29 is 8.42 Å². The molecule has 0 unspecified atom stereocenters. The molecule has 7 heteroatoms. The predicted octanol–water partition coefficient (Wildman–Crippen LogP) is 4.84. The molecule has 0 fully saturated rings. The van der Waals surface area contributed by atoms with E-state index in [-0.39, 0.29) is 5.03 Å². The van der Waals surface area contributed by atoms with E-state index >= 15 is 0 Å². The molecule has 0 aliphatic heterocycles. The van der Waals surface area contributed by atoms with Crippen LogP contribution in [0.5, 0.6) is 0 Å². The number of pyridine rings is 1. The van der Waals surface area contributed by atoms with Crippen molar-refractivity contribution in [3.63, 3.8) is 0 Å². The van der Waals surface area contributed by atoms with Crippen LogP contribution in [0.3, 0.4) is 0 Å². The third-order valence-electron chi connectivity index (χ3n) is 4.14. The quantitative estimate of drug-likeness (QED) is 0.635. The molecule has 130 valence electrons. The molecular weight excluding hydrogens is 424 g/mol.